The normalized spacial score (nSPS) is 23.7. The molecule has 2 unspecified atom stereocenters. The fraction of sp³-hybridized carbons (Fsp3) is 0.462. The summed E-state index contributed by atoms with van der Waals surface area (Å²) in [5.41, 5.74) is 1.78. The summed E-state index contributed by atoms with van der Waals surface area (Å²) in [4.78, 5) is 4.56. The number of hydrogen-bond acceptors (Lipinski definition) is 3. The van der Waals surface area contributed by atoms with Crippen LogP contribution in [0, 0.1) is 12.7 Å². The summed E-state index contributed by atoms with van der Waals surface area (Å²) < 4.78 is 14.0. The van der Waals surface area contributed by atoms with Crippen LogP contribution in [0.15, 0.2) is 21.6 Å². The number of hydrogen-bond donors (Lipinski definition) is 1. The molecule has 1 heterocycles. The van der Waals surface area contributed by atoms with Gasteiger partial charge in [0.05, 0.1) is 10.5 Å². The lowest BCUT2D eigenvalue weighted by atomic mass is 10.2. The number of aliphatic imine (C=N–C) groups is 1. The first kappa shape index (κ1) is 13.9. The van der Waals surface area contributed by atoms with Gasteiger partial charge in [-0.1, -0.05) is 18.7 Å². The van der Waals surface area contributed by atoms with Crippen LogP contribution in [0.4, 0.5) is 10.1 Å². The zero-order valence-electron chi connectivity index (χ0n) is 10.6. The first-order valence-corrected chi connectivity index (χ1v) is 7.60. The number of nitrogens with zero attached hydrogens (tertiary/aromatic N) is 1. The maximum atomic E-state index is 13.5. The van der Waals surface area contributed by atoms with Crippen molar-refractivity contribution < 1.29 is 4.39 Å². The topological polar surface area (TPSA) is 24.4 Å². The predicted octanol–water partition coefficient (Wildman–Crippen LogP) is 4.58. The Kier molecular flexibility index (Phi) is 4.33. The van der Waals surface area contributed by atoms with E-state index < -0.39 is 0 Å². The van der Waals surface area contributed by atoms with Crippen molar-refractivity contribution in [1.82, 2.24) is 0 Å². The minimum Gasteiger partial charge on any atom is -0.335 e. The maximum Gasteiger partial charge on any atom is 0.161 e. The Bertz CT molecular complexity index is 490. The summed E-state index contributed by atoms with van der Waals surface area (Å²) in [6, 6.07) is 3.61. The van der Waals surface area contributed by atoms with Crippen molar-refractivity contribution in [3.8, 4) is 0 Å². The number of nitrogens with one attached hydrogen (secondary N) is 1. The Hall–Kier alpha value is -0.550. The van der Waals surface area contributed by atoms with Gasteiger partial charge in [-0.25, -0.2) is 4.39 Å². The van der Waals surface area contributed by atoms with Crippen molar-refractivity contribution in [3.63, 3.8) is 0 Å². The Morgan fingerprint density at radius 3 is 2.83 bits per heavy atom. The summed E-state index contributed by atoms with van der Waals surface area (Å²) >= 11 is 4.89. The molecule has 0 fully saturated rings. The number of halogens is 2. The molecule has 2 nitrogen and oxygen atoms in total. The third kappa shape index (κ3) is 3.26. The molecule has 1 aliphatic heterocycles. The monoisotopic (exact) mass is 330 g/mol. The highest BCUT2D eigenvalue weighted by Gasteiger charge is 2.19. The average molecular weight is 331 g/mol. The molecule has 1 N–H and O–H groups in total. The molecule has 5 heteroatoms. The van der Waals surface area contributed by atoms with E-state index in [0.29, 0.717) is 15.8 Å². The molecule has 1 aliphatic rings. The standard InChI is InChI=1S/C13H16BrFN2S/c1-7-4-10(14)11(15)6-12(7)17-13-16-8(2)5-9(3)18-13/h4,6,8-9H,5H2,1-3H3,(H,16,17). The Balaban J connectivity index is 2.21. The maximum absolute atomic E-state index is 13.5. The van der Waals surface area contributed by atoms with Crippen molar-refractivity contribution in [2.24, 2.45) is 4.99 Å². The molecule has 0 bridgehead atoms. The van der Waals surface area contributed by atoms with Crippen LogP contribution in [0.5, 0.6) is 0 Å². The second-order valence-corrected chi connectivity index (χ2v) is 6.94. The molecule has 98 valence electrons. The molecule has 1 aromatic rings. The number of anilines is 1. The minimum absolute atomic E-state index is 0.259. The Morgan fingerprint density at radius 1 is 1.44 bits per heavy atom. The van der Waals surface area contributed by atoms with Gasteiger partial charge in [-0.15, -0.1) is 0 Å². The average Bonchev–Trinajstić information content (AvgIpc) is 2.24. The van der Waals surface area contributed by atoms with E-state index in [-0.39, 0.29) is 5.82 Å². The van der Waals surface area contributed by atoms with Gasteiger partial charge < -0.3 is 5.32 Å². The lowest BCUT2D eigenvalue weighted by Gasteiger charge is -2.23. The van der Waals surface area contributed by atoms with E-state index in [2.05, 4.69) is 40.1 Å². The van der Waals surface area contributed by atoms with Crippen LogP contribution in [0.1, 0.15) is 25.8 Å². The third-order valence-corrected chi connectivity index (χ3v) is 4.47. The van der Waals surface area contributed by atoms with Gasteiger partial charge in [0.2, 0.25) is 0 Å². The molecular formula is C13H16BrFN2S. The number of thioether (sulfide) groups is 1. The van der Waals surface area contributed by atoms with Gasteiger partial charge in [-0.05, 0) is 53.9 Å². The molecule has 18 heavy (non-hydrogen) atoms. The fourth-order valence-corrected chi connectivity index (χ4v) is 3.58. The van der Waals surface area contributed by atoms with Gasteiger partial charge in [-0.2, -0.15) is 0 Å². The highest BCUT2D eigenvalue weighted by Crippen LogP contribution is 2.29. The van der Waals surface area contributed by atoms with Crippen molar-refractivity contribution in [1.29, 1.82) is 0 Å². The quantitative estimate of drug-likeness (QED) is 0.815. The van der Waals surface area contributed by atoms with E-state index in [1.165, 1.54) is 6.07 Å². The van der Waals surface area contributed by atoms with Gasteiger partial charge in [0.1, 0.15) is 5.82 Å². The van der Waals surface area contributed by atoms with E-state index in [1.54, 1.807) is 17.8 Å². The van der Waals surface area contributed by atoms with Gasteiger partial charge in [0.15, 0.2) is 5.17 Å². The highest BCUT2D eigenvalue weighted by molar-refractivity contribution is 9.10. The molecule has 2 atom stereocenters. The fourth-order valence-electron chi connectivity index (χ4n) is 1.96. The summed E-state index contributed by atoms with van der Waals surface area (Å²) in [6.07, 6.45) is 1.09. The van der Waals surface area contributed by atoms with E-state index in [9.17, 15) is 4.39 Å². The molecule has 0 amide bonds. The van der Waals surface area contributed by atoms with E-state index in [0.717, 1.165) is 22.8 Å². The van der Waals surface area contributed by atoms with Crippen molar-refractivity contribution in [2.45, 2.75) is 38.5 Å². The smallest absolute Gasteiger partial charge is 0.161 e. The van der Waals surface area contributed by atoms with E-state index in [1.807, 2.05) is 6.92 Å². The zero-order valence-corrected chi connectivity index (χ0v) is 13.0. The number of amidine groups is 1. The summed E-state index contributed by atoms with van der Waals surface area (Å²) in [5, 5.41) is 4.65. The van der Waals surface area contributed by atoms with Crippen LogP contribution in [-0.2, 0) is 0 Å². The summed E-state index contributed by atoms with van der Waals surface area (Å²) in [6.45, 7) is 6.24. The summed E-state index contributed by atoms with van der Waals surface area (Å²) in [5.74, 6) is -0.259. The number of aryl methyl sites for hydroxylation is 1. The molecule has 0 saturated heterocycles. The van der Waals surface area contributed by atoms with Crippen LogP contribution in [0.25, 0.3) is 0 Å². The van der Waals surface area contributed by atoms with Crippen molar-refractivity contribution in [2.75, 3.05) is 5.32 Å². The largest absolute Gasteiger partial charge is 0.335 e. The van der Waals surface area contributed by atoms with E-state index >= 15 is 0 Å². The molecule has 0 saturated carbocycles. The third-order valence-electron chi connectivity index (χ3n) is 2.83. The lowest BCUT2D eigenvalue weighted by Crippen LogP contribution is -2.23. The van der Waals surface area contributed by atoms with Crippen molar-refractivity contribution in [3.05, 3.63) is 28.0 Å². The number of rotatable bonds is 1. The molecule has 1 aromatic carbocycles. The van der Waals surface area contributed by atoms with Crippen LogP contribution in [0.2, 0.25) is 0 Å². The highest BCUT2D eigenvalue weighted by atomic mass is 79.9. The van der Waals surface area contributed by atoms with Crippen molar-refractivity contribution >= 4 is 38.5 Å². The minimum atomic E-state index is -0.259. The van der Waals surface area contributed by atoms with Crippen LogP contribution in [0.3, 0.4) is 0 Å². The zero-order chi connectivity index (χ0) is 13.3. The second kappa shape index (κ2) is 5.61. The summed E-state index contributed by atoms with van der Waals surface area (Å²) in [7, 11) is 0. The Labute approximate surface area is 120 Å². The SMILES string of the molecule is Cc1cc(Br)c(F)cc1NC1=NC(C)CC(C)S1. The van der Waals surface area contributed by atoms with Gasteiger partial charge in [0, 0.05) is 10.9 Å². The molecular weight excluding hydrogens is 315 g/mol. The second-order valence-electron chi connectivity index (χ2n) is 4.65. The van der Waals surface area contributed by atoms with Crippen LogP contribution < -0.4 is 5.32 Å². The van der Waals surface area contributed by atoms with Crippen LogP contribution >= 0.6 is 27.7 Å². The first-order chi connectivity index (χ1) is 8.45. The molecule has 0 aliphatic carbocycles. The van der Waals surface area contributed by atoms with Gasteiger partial charge in [0.25, 0.3) is 0 Å². The van der Waals surface area contributed by atoms with E-state index in [4.69, 9.17) is 0 Å². The first-order valence-electron chi connectivity index (χ1n) is 5.93. The molecule has 0 radical (unpaired) electrons. The predicted molar refractivity (Wildman–Crippen MR) is 81.0 cm³/mol. The lowest BCUT2D eigenvalue weighted by molar-refractivity contribution is 0.621. The van der Waals surface area contributed by atoms with Gasteiger partial charge >= 0.3 is 0 Å². The Morgan fingerprint density at radius 2 is 2.17 bits per heavy atom. The molecule has 2 rings (SSSR count). The molecule has 0 spiro atoms. The van der Waals surface area contributed by atoms with Crippen LogP contribution in [-0.4, -0.2) is 16.5 Å². The molecule has 0 aromatic heterocycles. The number of benzene rings is 1. The van der Waals surface area contributed by atoms with Gasteiger partial charge in [-0.3, -0.25) is 4.99 Å².